The molecule has 2 aliphatic heterocycles. The van der Waals surface area contributed by atoms with Gasteiger partial charge in [0.1, 0.15) is 12.6 Å². The molecule has 0 aliphatic carbocycles. The van der Waals surface area contributed by atoms with Crippen LogP contribution in [-0.2, 0) is 16.0 Å². The molecular formula is C15H19N3O3. The third-order valence-corrected chi connectivity index (χ3v) is 4.14. The molecule has 0 radical (unpaired) electrons. The molecule has 1 aromatic heterocycles. The molecule has 0 spiro atoms. The quantitative estimate of drug-likeness (QED) is 0.900. The predicted octanol–water partition coefficient (Wildman–Crippen LogP) is 0.971. The molecule has 3 heterocycles. The SMILES string of the molecule is O=C1N[C@H](C(=O)N2CCC(Cc3cccnc3)CC2)CO1. The highest BCUT2D eigenvalue weighted by molar-refractivity contribution is 5.87. The fraction of sp³-hybridized carbons (Fsp3) is 0.533. The monoisotopic (exact) mass is 289 g/mol. The number of cyclic esters (lactones) is 1. The smallest absolute Gasteiger partial charge is 0.407 e. The van der Waals surface area contributed by atoms with Crippen LogP contribution in [0.5, 0.6) is 0 Å². The van der Waals surface area contributed by atoms with Gasteiger partial charge in [-0.2, -0.15) is 0 Å². The van der Waals surface area contributed by atoms with Crippen molar-refractivity contribution in [3.05, 3.63) is 30.1 Å². The molecule has 6 heteroatoms. The maximum atomic E-state index is 12.2. The highest BCUT2D eigenvalue weighted by Crippen LogP contribution is 2.22. The average Bonchev–Trinajstić information content (AvgIpc) is 2.95. The summed E-state index contributed by atoms with van der Waals surface area (Å²) in [6, 6.07) is 3.54. The van der Waals surface area contributed by atoms with Gasteiger partial charge in [-0.05, 0) is 36.8 Å². The molecule has 3 rings (SSSR count). The van der Waals surface area contributed by atoms with Crippen molar-refractivity contribution in [1.29, 1.82) is 0 Å². The van der Waals surface area contributed by atoms with Crippen LogP contribution in [0.25, 0.3) is 0 Å². The second-order valence-corrected chi connectivity index (χ2v) is 5.63. The maximum absolute atomic E-state index is 12.2. The molecule has 0 bridgehead atoms. The van der Waals surface area contributed by atoms with Crippen molar-refractivity contribution in [1.82, 2.24) is 15.2 Å². The standard InChI is InChI=1S/C15H19N3O3/c19-14(13-10-21-15(20)17-13)18-6-3-11(4-7-18)8-12-2-1-5-16-9-12/h1-2,5,9,11,13H,3-4,6-8,10H2,(H,17,20)/t13-/m0/s1. The molecule has 1 aromatic rings. The Morgan fingerprint density at radius 1 is 1.43 bits per heavy atom. The number of aromatic nitrogens is 1. The Labute approximate surface area is 123 Å². The van der Waals surface area contributed by atoms with Crippen molar-refractivity contribution in [3.63, 3.8) is 0 Å². The summed E-state index contributed by atoms with van der Waals surface area (Å²) in [6.07, 6.45) is 6.18. The maximum Gasteiger partial charge on any atom is 0.407 e. The molecule has 1 atom stereocenters. The molecule has 0 saturated carbocycles. The van der Waals surface area contributed by atoms with Crippen molar-refractivity contribution in [2.75, 3.05) is 19.7 Å². The summed E-state index contributed by atoms with van der Waals surface area (Å²) in [7, 11) is 0. The first kappa shape index (κ1) is 13.9. The number of ether oxygens (including phenoxy) is 1. The summed E-state index contributed by atoms with van der Waals surface area (Å²) in [5, 5.41) is 2.54. The number of amides is 2. The average molecular weight is 289 g/mol. The van der Waals surface area contributed by atoms with Crippen molar-refractivity contribution in [3.8, 4) is 0 Å². The van der Waals surface area contributed by atoms with Gasteiger partial charge in [0.25, 0.3) is 0 Å². The summed E-state index contributed by atoms with van der Waals surface area (Å²) in [5.74, 6) is 0.563. The number of hydrogen-bond donors (Lipinski definition) is 1. The minimum absolute atomic E-state index is 0.0272. The van der Waals surface area contributed by atoms with Gasteiger partial charge in [0.2, 0.25) is 5.91 Å². The van der Waals surface area contributed by atoms with Crippen molar-refractivity contribution < 1.29 is 14.3 Å². The lowest BCUT2D eigenvalue weighted by Crippen LogP contribution is -2.48. The van der Waals surface area contributed by atoms with E-state index >= 15 is 0 Å². The zero-order chi connectivity index (χ0) is 14.7. The Hall–Kier alpha value is -2.11. The summed E-state index contributed by atoms with van der Waals surface area (Å²) in [6.45, 7) is 1.64. The van der Waals surface area contributed by atoms with Gasteiger partial charge in [0.05, 0.1) is 0 Å². The molecule has 21 heavy (non-hydrogen) atoms. The van der Waals surface area contributed by atoms with Gasteiger partial charge in [0, 0.05) is 25.5 Å². The molecule has 1 N–H and O–H groups in total. The Morgan fingerprint density at radius 3 is 2.86 bits per heavy atom. The van der Waals surface area contributed by atoms with Gasteiger partial charge in [-0.3, -0.25) is 9.78 Å². The molecule has 2 aliphatic rings. The Balaban J connectivity index is 1.49. The number of nitrogens with zero attached hydrogens (tertiary/aromatic N) is 2. The van der Waals surface area contributed by atoms with Crippen LogP contribution >= 0.6 is 0 Å². The number of hydrogen-bond acceptors (Lipinski definition) is 4. The van der Waals surface area contributed by atoms with Crippen LogP contribution in [0.15, 0.2) is 24.5 Å². The Bertz CT molecular complexity index is 512. The third-order valence-electron chi connectivity index (χ3n) is 4.14. The van der Waals surface area contributed by atoms with E-state index in [1.807, 2.05) is 17.2 Å². The van der Waals surface area contributed by atoms with Gasteiger partial charge in [-0.1, -0.05) is 6.07 Å². The fourth-order valence-electron chi connectivity index (χ4n) is 2.95. The Kier molecular flexibility index (Phi) is 4.03. The highest BCUT2D eigenvalue weighted by atomic mass is 16.6. The van der Waals surface area contributed by atoms with Gasteiger partial charge in [-0.25, -0.2) is 4.79 Å². The lowest BCUT2D eigenvalue weighted by molar-refractivity contribution is -0.134. The van der Waals surface area contributed by atoms with Crippen LogP contribution < -0.4 is 5.32 Å². The molecule has 2 amide bonds. The second kappa shape index (κ2) is 6.11. The van der Waals surface area contributed by atoms with E-state index in [9.17, 15) is 9.59 Å². The van der Waals surface area contributed by atoms with E-state index in [0.29, 0.717) is 5.92 Å². The first-order valence-electron chi connectivity index (χ1n) is 7.33. The van der Waals surface area contributed by atoms with Gasteiger partial charge < -0.3 is 15.0 Å². The second-order valence-electron chi connectivity index (χ2n) is 5.63. The summed E-state index contributed by atoms with van der Waals surface area (Å²) < 4.78 is 4.77. The van der Waals surface area contributed by atoms with E-state index in [2.05, 4.69) is 16.4 Å². The lowest BCUT2D eigenvalue weighted by Gasteiger charge is -2.33. The molecule has 6 nitrogen and oxygen atoms in total. The van der Waals surface area contributed by atoms with Crippen LogP contribution in [0.4, 0.5) is 4.79 Å². The largest absolute Gasteiger partial charge is 0.447 e. The number of pyridine rings is 1. The predicted molar refractivity (Wildman–Crippen MR) is 75.5 cm³/mol. The van der Waals surface area contributed by atoms with Crippen molar-refractivity contribution >= 4 is 12.0 Å². The molecule has 2 fully saturated rings. The van der Waals surface area contributed by atoms with Crippen LogP contribution in [0, 0.1) is 5.92 Å². The van der Waals surface area contributed by atoms with E-state index in [1.54, 1.807) is 6.20 Å². The minimum Gasteiger partial charge on any atom is -0.447 e. The summed E-state index contributed by atoms with van der Waals surface area (Å²) in [5.41, 5.74) is 1.25. The van der Waals surface area contributed by atoms with Crippen molar-refractivity contribution in [2.45, 2.75) is 25.3 Å². The molecular weight excluding hydrogens is 270 g/mol. The molecule has 0 unspecified atom stereocenters. The molecule has 112 valence electrons. The Morgan fingerprint density at radius 2 is 2.24 bits per heavy atom. The van der Waals surface area contributed by atoms with E-state index in [4.69, 9.17) is 4.74 Å². The summed E-state index contributed by atoms with van der Waals surface area (Å²) in [4.78, 5) is 29.2. The van der Waals surface area contributed by atoms with Gasteiger partial charge in [0.15, 0.2) is 0 Å². The normalized spacial score (nSPS) is 22.8. The van der Waals surface area contributed by atoms with E-state index in [-0.39, 0.29) is 12.5 Å². The van der Waals surface area contributed by atoms with Crippen LogP contribution in [0.1, 0.15) is 18.4 Å². The summed E-state index contributed by atoms with van der Waals surface area (Å²) >= 11 is 0. The number of piperidine rings is 1. The number of likely N-dealkylation sites (tertiary alicyclic amines) is 1. The van der Waals surface area contributed by atoms with Crippen LogP contribution in [0.3, 0.4) is 0 Å². The number of rotatable bonds is 3. The highest BCUT2D eigenvalue weighted by Gasteiger charge is 2.33. The zero-order valence-corrected chi connectivity index (χ0v) is 11.8. The topological polar surface area (TPSA) is 71.5 Å². The molecule has 2 saturated heterocycles. The van der Waals surface area contributed by atoms with Crippen LogP contribution in [0.2, 0.25) is 0 Å². The number of carbonyl (C=O) groups excluding carboxylic acids is 2. The first-order chi connectivity index (χ1) is 10.2. The van der Waals surface area contributed by atoms with Gasteiger partial charge >= 0.3 is 6.09 Å². The third kappa shape index (κ3) is 3.32. The fourth-order valence-corrected chi connectivity index (χ4v) is 2.95. The molecule has 0 aromatic carbocycles. The lowest BCUT2D eigenvalue weighted by atomic mass is 9.90. The van der Waals surface area contributed by atoms with Crippen molar-refractivity contribution in [2.24, 2.45) is 5.92 Å². The number of carbonyl (C=O) groups is 2. The first-order valence-corrected chi connectivity index (χ1v) is 7.33. The van der Waals surface area contributed by atoms with Crippen LogP contribution in [-0.4, -0.2) is 47.6 Å². The van der Waals surface area contributed by atoms with Gasteiger partial charge in [-0.15, -0.1) is 0 Å². The van der Waals surface area contributed by atoms with E-state index in [0.717, 1.165) is 32.4 Å². The minimum atomic E-state index is -0.507. The van der Waals surface area contributed by atoms with E-state index in [1.165, 1.54) is 5.56 Å². The number of nitrogens with one attached hydrogen (secondary N) is 1. The zero-order valence-electron chi connectivity index (χ0n) is 11.8. The number of alkyl carbamates (subject to hydrolysis) is 1. The van der Waals surface area contributed by atoms with E-state index < -0.39 is 12.1 Å².